The molecule has 1 aromatic carbocycles. The molecule has 0 saturated carbocycles. The predicted molar refractivity (Wildman–Crippen MR) is 78.5 cm³/mol. The zero-order valence-corrected chi connectivity index (χ0v) is 12.0. The number of para-hydroxylation sites is 1. The summed E-state index contributed by atoms with van der Waals surface area (Å²) in [5, 5.41) is 2.43. The average molecular weight is 262 g/mol. The Morgan fingerprint density at radius 2 is 1.84 bits per heavy atom. The summed E-state index contributed by atoms with van der Waals surface area (Å²) < 4.78 is 0. The molecule has 4 heteroatoms. The minimum Gasteiger partial charge on any atom is -0.371 e. The second kappa shape index (κ2) is 7.67. The van der Waals surface area contributed by atoms with Gasteiger partial charge in [0.25, 0.3) is 5.91 Å². The Kier molecular flexibility index (Phi) is 6.19. The molecule has 0 aliphatic carbocycles. The smallest absolute Gasteiger partial charge is 0.286 e. The van der Waals surface area contributed by atoms with Gasteiger partial charge in [0.2, 0.25) is 0 Å². The van der Waals surface area contributed by atoms with E-state index in [2.05, 4.69) is 49.0 Å². The molecule has 0 heterocycles. The molecule has 0 N–H and O–H groups in total. The minimum atomic E-state index is -0.557. The molecular formula is C15H22N2O2. The van der Waals surface area contributed by atoms with Gasteiger partial charge in [0.15, 0.2) is 0 Å². The van der Waals surface area contributed by atoms with Crippen molar-refractivity contribution in [3.05, 3.63) is 34.2 Å². The van der Waals surface area contributed by atoms with E-state index in [1.54, 1.807) is 0 Å². The van der Waals surface area contributed by atoms with Crippen LogP contribution < -0.4 is 4.90 Å². The summed E-state index contributed by atoms with van der Waals surface area (Å²) in [5.41, 5.74) is 3.73. The van der Waals surface area contributed by atoms with Gasteiger partial charge in [0.1, 0.15) is 0 Å². The van der Waals surface area contributed by atoms with Gasteiger partial charge in [-0.15, -0.1) is 4.91 Å². The van der Waals surface area contributed by atoms with Crippen LogP contribution in [0.5, 0.6) is 0 Å². The summed E-state index contributed by atoms with van der Waals surface area (Å²) in [4.78, 5) is 23.3. The summed E-state index contributed by atoms with van der Waals surface area (Å²) in [6.07, 6.45) is 1.95. The number of anilines is 1. The Labute approximate surface area is 114 Å². The zero-order chi connectivity index (χ0) is 14.3. The maximum atomic E-state index is 10.9. The molecule has 0 spiro atoms. The van der Waals surface area contributed by atoms with E-state index in [0.29, 0.717) is 6.42 Å². The van der Waals surface area contributed by atoms with Crippen LogP contribution in [0.1, 0.15) is 37.3 Å². The van der Waals surface area contributed by atoms with E-state index in [1.165, 1.54) is 16.8 Å². The van der Waals surface area contributed by atoms with E-state index in [0.717, 1.165) is 19.5 Å². The van der Waals surface area contributed by atoms with Crippen LogP contribution in [0.4, 0.5) is 5.69 Å². The Morgan fingerprint density at radius 1 is 1.21 bits per heavy atom. The van der Waals surface area contributed by atoms with E-state index < -0.39 is 5.91 Å². The highest BCUT2D eigenvalue weighted by atomic mass is 16.3. The van der Waals surface area contributed by atoms with Crippen LogP contribution in [0.25, 0.3) is 0 Å². The number of nitrogens with zero attached hydrogens (tertiary/aromatic N) is 2. The van der Waals surface area contributed by atoms with Crippen LogP contribution in [0.15, 0.2) is 23.4 Å². The molecule has 19 heavy (non-hydrogen) atoms. The number of carbonyl (C=O) groups is 1. The fourth-order valence-corrected chi connectivity index (χ4v) is 2.38. The summed E-state index contributed by atoms with van der Waals surface area (Å²) in [6, 6.07) is 6.25. The van der Waals surface area contributed by atoms with Crippen molar-refractivity contribution in [3.8, 4) is 0 Å². The zero-order valence-electron chi connectivity index (χ0n) is 12.0. The molecule has 4 nitrogen and oxygen atoms in total. The summed E-state index contributed by atoms with van der Waals surface area (Å²) in [6.45, 7) is 8.07. The molecule has 1 amide bonds. The molecule has 0 aliphatic rings. The Bertz CT molecular complexity index is 424. The maximum Gasteiger partial charge on any atom is 0.286 e. The fourth-order valence-electron chi connectivity index (χ4n) is 2.38. The standard InChI is InChI=1S/C15H22N2O2/c1-4-10-17(11-6-9-14(18)16-19)15-12(2)7-5-8-13(15)3/h5,7-8H,4,6,9-11H2,1-3H3. The lowest BCUT2D eigenvalue weighted by molar-refractivity contribution is -0.118. The first-order valence-corrected chi connectivity index (χ1v) is 6.77. The van der Waals surface area contributed by atoms with E-state index >= 15 is 0 Å². The number of benzene rings is 1. The number of carbonyl (C=O) groups excluding carboxylic acids is 1. The first-order chi connectivity index (χ1) is 9.10. The van der Waals surface area contributed by atoms with Gasteiger partial charge in [-0.2, -0.15) is 0 Å². The van der Waals surface area contributed by atoms with Crippen molar-refractivity contribution >= 4 is 11.6 Å². The summed E-state index contributed by atoms with van der Waals surface area (Å²) in [7, 11) is 0. The molecule has 0 unspecified atom stereocenters. The quantitative estimate of drug-likeness (QED) is 0.705. The van der Waals surface area contributed by atoms with Crippen molar-refractivity contribution in [1.82, 2.24) is 0 Å². The van der Waals surface area contributed by atoms with E-state index in [1.807, 2.05) is 0 Å². The average Bonchev–Trinajstić information content (AvgIpc) is 2.38. The van der Waals surface area contributed by atoms with Gasteiger partial charge >= 0.3 is 0 Å². The third-order valence-corrected chi connectivity index (χ3v) is 3.17. The van der Waals surface area contributed by atoms with Crippen molar-refractivity contribution in [1.29, 1.82) is 0 Å². The van der Waals surface area contributed by atoms with Crippen molar-refractivity contribution in [2.75, 3.05) is 18.0 Å². The molecule has 0 aromatic heterocycles. The van der Waals surface area contributed by atoms with E-state index in [4.69, 9.17) is 0 Å². The first kappa shape index (κ1) is 15.3. The van der Waals surface area contributed by atoms with Crippen molar-refractivity contribution in [2.45, 2.75) is 40.0 Å². The van der Waals surface area contributed by atoms with Gasteiger partial charge in [0, 0.05) is 30.4 Å². The molecule has 1 aromatic rings. The molecular weight excluding hydrogens is 240 g/mol. The summed E-state index contributed by atoms with van der Waals surface area (Å²) >= 11 is 0. The van der Waals surface area contributed by atoms with Gasteiger partial charge in [-0.3, -0.25) is 4.79 Å². The normalized spacial score (nSPS) is 10.3. The predicted octanol–water partition coefficient (Wildman–Crippen LogP) is 3.59. The van der Waals surface area contributed by atoms with Gasteiger partial charge in [-0.1, -0.05) is 25.1 Å². The first-order valence-electron chi connectivity index (χ1n) is 6.77. The monoisotopic (exact) mass is 262 g/mol. The van der Waals surface area contributed by atoms with Crippen molar-refractivity contribution < 1.29 is 4.79 Å². The van der Waals surface area contributed by atoms with E-state index in [9.17, 15) is 9.70 Å². The molecule has 0 radical (unpaired) electrons. The number of hydrogen-bond donors (Lipinski definition) is 0. The van der Waals surface area contributed by atoms with Gasteiger partial charge in [-0.25, -0.2) is 0 Å². The summed E-state index contributed by atoms with van der Waals surface area (Å²) in [5.74, 6) is -0.557. The highest BCUT2D eigenvalue weighted by Gasteiger charge is 2.11. The second-order valence-corrected chi connectivity index (χ2v) is 4.82. The molecule has 0 saturated heterocycles. The number of aryl methyl sites for hydroxylation is 2. The molecule has 0 aliphatic heterocycles. The van der Waals surface area contributed by atoms with Crippen LogP contribution in [-0.2, 0) is 4.79 Å². The SMILES string of the molecule is CCCN(CCCC(=O)N=O)c1c(C)cccc1C. The topological polar surface area (TPSA) is 49.7 Å². The lowest BCUT2D eigenvalue weighted by atomic mass is 10.1. The Morgan fingerprint density at radius 3 is 2.37 bits per heavy atom. The highest BCUT2D eigenvalue weighted by molar-refractivity contribution is 5.76. The minimum absolute atomic E-state index is 0.231. The van der Waals surface area contributed by atoms with Gasteiger partial charge < -0.3 is 4.90 Å². The fraction of sp³-hybridized carbons (Fsp3) is 0.533. The van der Waals surface area contributed by atoms with Crippen LogP contribution >= 0.6 is 0 Å². The number of amides is 1. The van der Waals surface area contributed by atoms with Gasteiger partial charge in [-0.05, 0) is 37.8 Å². The van der Waals surface area contributed by atoms with Crippen LogP contribution in [0, 0.1) is 18.8 Å². The van der Waals surface area contributed by atoms with E-state index in [-0.39, 0.29) is 6.42 Å². The van der Waals surface area contributed by atoms with Crippen LogP contribution in [0.2, 0.25) is 0 Å². The maximum absolute atomic E-state index is 10.9. The highest BCUT2D eigenvalue weighted by Crippen LogP contribution is 2.25. The van der Waals surface area contributed by atoms with Crippen molar-refractivity contribution in [2.24, 2.45) is 5.18 Å². The molecule has 0 bridgehead atoms. The number of rotatable bonds is 7. The van der Waals surface area contributed by atoms with Crippen LogP contribution in [0.3, 0.4) is 0 Å². The Balaban J connectivity index is 2.76. The second-order valence-electron chi connectivity index (χ2n) is 4.82. The molecule has 104 valence electrons. The third-order valence-electron chi connectivity index (χ3n) is 3.17. The van der Waals surface area contributed by atoms with Crippen LogP contribution in [-0.4, -0.2) is 19.0 Å². The molecule has 1 rings (SSSR count). The molecule has 0 fully saturated rings. The third kappa shape index (κ3) is 4.47. The lowest BCUT2D eigenvalue weighted by Crippen LogP contribution is -2.27. The number of hydrogen-bond acceptors (Lipinski definition) is 3. The lowest BCUT2D eigenvalue weighted by Gasteiger charge is -2.27. The Hall–Kier alpha value is -1.71. The molecule has 0 atom stereocenters. The largest absolute Gasteiger partial charge is 0.371 e. The van der Waals surface area contributed by atoms with Gasteiger partial charge in [0.05, 0.1) is 0 Å². The number of nitroso groups, excluding NO2 is 1. The van der Waals surface area contributed by atoms with Crippen molar-refractivity contribution in [3.63, 3.8) is 0 Å².